The first-order chi connectivity index (χ1) is 29.3. The van der Waals surface area contributed by atoms with Gasteiger partial charge in [0.15, 0.2) is 0 Å². The number of hydrogen-bond donors (Lipinski definition) is 4. The number of carboxylic acid groups (broad SMARTS) is 1. The van der Waals surface area contributed by atoms with Crippen LogP contribution in [-0.2, 0) is 23.9 Å². The zero-order chi connectivity index (χ0) is 44.0. The Bertz CT molecular complexity index is 1240. The Balaban J connectivity index is 4.47. The lowest BCUT2D eigenvalue weighted by Gasteiger charge is -2.18. The maximum Gasteiger partial charge on any atom is 0.328 e. The molecule has 9 nitrogen and oxygen atoms in total. The van der Waals surface area contributed by atoms with Crippen molar-refractivity contribution in [3.63, 3.8) is 0 Å². The Morgan fingerprint density at radius 3 is 1.50 bits per heavy atom. The number of esters is 1. The van der Waals surface area contributed by atoms with E-state index in [1.165, 1.54) is 57.8 Å². The van der Waals surface area contributed by atoms with Crippen LogP contribution in [0.4, 0.5) is 0 Å². The smallest absolute Gasteiger partial charge is 0.328 e. The van der Waals surface area contributed by atoms with Gasteiger partial charge in [-0.15, -0.1) is 0 Å². The molecule has 0 aromatic rings. The Morgan fingerprint density at radius 2 is 0.967 bits per heavy atom. The van der Waals surface area contributed by atoms with Crippen LogP contribution in [0.3, 0.4) is 0 Å². The third-order valence-corrected chi connectivity index (χ3v) is 10.2. The van der Waals surface area contributed by atoms with Crippen LogP contribution in [0.15, 0.2) is 72.9 Å². The summed E-state index contributed by atoms with van der Waals surface area (Å²) in [6.45, 7) is 3.36. The van der Waals surface area contributed by atoms with Gasteiger partial charge < -0.3 is 25.6 Å². The standard InChI is InChI=1S/C51H86N2O7/c1-3-5-7-9-11-13-15-17-19-20-22-24-26-28-30-35-39-43-50(57)60-46(40-36-32-29-27-25-23-21-18-16-14-12-10-8-6-4-2)41-37-33-31-34-38-42-48(55)52-44-49(56)53-47(45-54)51(58)59/h5,7,11,13,17,19,22-25,28,30,46-47,54H,3-4,6,8-10,12,14-16,18,20-21,26-27,29,31-45H2,1-2H3,(H,52,55)(H,53,56)(H,58,59)/b7-5-,13-11-,19-17-,24-22-,25-23-,30-28-. The number of carbonyl (C=O) groups is 4. The predicted octanol–water partition coefficient (Wildman–Crippen LogP) is 12.3. The highest BCUT2D eigenvalue weighted by Crippen LogP contribution is 2.18. The van der Waals surface area contributed by atoms with E-state index in [0.29, 0.717) is 12.8 Å². The number of ether oxygens (including phenoxy) is 1. The van der Waals surface area contributed by atoms with E-state index in [4.69, 9.17) is 14.9 Å². The molecule has 0 bridgehead atoms. The normalized spacial score (nSPS) is 13.1. The molecule has 0 aromatic carbocycles. The SMILES string of the molecule is CC/C=C\C/C=C\C/C=C\C/C=C\C/C=C\CCCC(=O)OC(CCCCC/C=C\CCCCCCCCCC)CCCCCCCC(=O)NCC(=O)NC(CO)C(=O)O. The summed E-state index contributed by atoms with van der Waals surface area (Å²) >= 11 is 0. The van der Waals surface area contributed by atoms with Gasteiger partial charge in [0.25, 0.3) is 0 Å². The van der Waals surface area contributed by atoms with Crippen LogP contribution in [-0.4, -0.2) is 59.3 Å². The van der Waals surface area contributed by atoms with Crippen molar-refractivity contribution in [1.29, 1.82) is 0 Å². The van der Waals surface area contributed by atoms with Crippen LogP contribution < -0.4 is 10.6 Å². The second-order valence-corrected chi connectivity index (χ2v) is 15.8. The van der Waals surface area contributed by atoms with Gasteiger partial charge in [-0.25, -0.2) is 4.79 Å². The Labute approximate surface area is 365 Å². The molecule has 0 radical (unpaired) electrons. The fraction of sp³-hybridized carbons (Fsp3) is 0.686. The van der Waals surface area contributed by atoms with E-state index in [9.17, 15) is 19.2 Å². The van der Waals surface area contributed by atoms with E-state index < -0.39 is 24.5 Å². The van der Waals surface area contributed by atoms with Crippen molar-refractivity contribution in [1.82, 2.24) is 10.6 Å². The molecule has 0 aliphatic heterocycles. The molecule has 4 N–H and O–H groups in total. The molecule has 2 unspecified atom stereocenters. The number of aliphatic hydroxyl groups excluding tert-OH is 1. The third-order valence-electron chi connectivity index (χ3n) is 10.2. The maximum atomic E-state index is 12.8. The first-order valence-electron chi connectivity index (χ1n) is 23.8. The van der Waals surface area contributed by atoms with Gasteiger partial charge in [-0.2, -0.15) is 0 Å². The van der Waals surface area contributed by atoms with Gasteiger partial charge in [0.05, 0.1) is 13.2 Å². The molecule has 0 heterocycles. The molecule has 0 fully saturated rings. The molecule has 2 atom stereocenters. The molecule has 0 saturated carbocycles. The van der Waals surface area contributed by atoms with E-state index in [1.54, 1.807) is 0 Å². The summed E-state index contributed by atoms with van der Waals surface area (Å²) in [5, 5.41) is 22.6. The van der Waals surface area contributed by atoms with Crippen molar-refractivity contribution in [2.45, 2.75) is 212 Å². The third kappa shape index (κ3) is 41.0. The number of rotatable bonds is 42. The molecule has 9 heteroatoms. The number of aliphatic carboxylic acids is 1. The average Bonchev–Trinajstić information content (AvgIpc) is 3.23. The van der Waals surface area contributed by atoms with Crippen LogP contribution in [0.1, 0.15) is 200 Å². The summed E-state index contributed by atoms with van der Waals surface area (Å²) in [6, 6.07) is -1.39. The highest BCUT2D eigenvalue weighted by atomic mass is 16.5. The number of carboxylic acids is 1. The van der Waals surface area contributed by atoms with E-state index in [2.05, 4.69) is 97.4 Å². The van der Waals surface area contributed by atoms with Gasteiger partial charge in [0, 0.05) is 12.8 Å². The van der Waals surface area contributed by atoms with Crippen LogP contribution in [0.25, 0.3) is 0 Å². The van der Waals surface area contributed by atoms with Gasteiger partial charge in [-0.05, 0) is 103 Å². The van der Waals surface area contributed by atoms with Gasteiger partial charge in [0.2, 0.25) is 11.8 Å². The Hall–Kier alpha value is -3.72. The topological polar surface area (TPSA) is 142 Å². The summed E-state index contributed by atoms with van der Waals surface area (Å²) in [6.07, 6.45) is 56.4. The minimum Gasteiger partial charge on any atom is -0.480 e. The van der Waals surface area contributed by atoms with Gasteiger partial charge >= 0.3 is 11.9 Å². The average molecular weight is 839 g/mol. The first-order valence-corrected chi connectivity index (χ1v) is 23.8. The predicted molar refractivity (Wildman–Crippen MR) is 250 cm³/mol. The van der Waals surface area contributed by atoms with Crippen molar-refractivity contribution in [2.24, 2.45) is 0 Å². The number of carbonyl (C=O) groups excluding carboxylic acids is 3. The minimum absolute atomic E-state index is 0.0628. The molecule has 0 aliphatic carbocycles. The first kappa shape index (κ1) is 56.3. The van der Waals surface area contributed by atoms with Crippen LogP contribution in [0, 0.1) is 0 Å². The lowest BCUT2D eigenvalue weighted by atomic mass is 10.0. The minimum atomic E-state index is -1.39. The van der Waals surface area contributed by atoms with Gasteiger partial charge in [-0.1, -0.05) is 157 Å². The van der Waals surface area contributed by atoms with Crippen LogP contribution >= 0.6 is 0 Å². The lowest BCUT2D eigenvalue weighted by molar-refractivity contribution is -0.150. The highest BCUT2D eigenvalue weighted by Gasteiger charge is 2.19. The molecular formula is C51H86N2O7. The second kappa shape index (κ2) is 44.8. The highest BCUT2D eigenvalue weighted by molar-refractivity contribution is 5.87. The lowest BCUT2D eigenvalue weighted by Crippen LogP contribution is -2.47. The Kier molecular flexibility index (Phi) is 42.0. The van der Waals surface area contributed by atoms with E-state index in [-0.39, 0.29) is 30.9 Å². The van der Waals surface area contributed by atoms with Gasteiger partial charge in [-0.3, -0.25) is 14.4 Å². The van der Waals surface area contributed by atoms with Crippen LogP contribution in [0.2, 0.25) is 0 Å². The summed E-state index contributed by atoms with van der Waals surface area (Å²) in [4.78, 5) is 47.7. The summed E-state index contributed by atoms with van der Waals surface area (Å²) in [7, 11) is 0. The van der Waals surface area contributed by atoms with Crippen molar-refractivity contribution < 1.29 is 34.1 Å². The molecule has 2 amide bonds. The molecule has 0 aromatic heterocycles. The van der Waals surface area contributed by atoms with E-state index >= 15 is 0 Å². The number of amides is 2. The number of aliphatic hydroxyl groups is 1. The van der Waals surface area contributed by atoms with E-state index in [1.807, 2.05) is 0 Å². The summed E-state index contributed by atoms with van der Waals surface area (Å²) in [5.74, 6) is -2.37. The molecule has 0 rings (SSSR count). The zero-order valence-electron chi connectivity index (χ0n) is 37.9. The van der Waals surface area contributed by atoms with Crippen LogP contribution in [0.5, 0.6) is 0 Å². The van der Waals surface area contributed by atoms with Crippen molar-refractivity contribution in [3.05, 3.63) is 72.9 Å². The largest absolute Gasteiger partial charge is 0.480 e. The Morgan fingerprint density at radius 1 is 0.517 bits per heavy atom. The number of unbranched alkanes of at least 4 members (excludes halogenated alkanes) is 16. The summed E-state index contributed by atoms with van der Waals surface area (Å²) < 4.78 is 6.01. The maximum absolute atomic E-state index is 12.8. The molecule has 60 heavy (non-hydrogen) atoms. The molecule has 0 saturated heterocycles. The van der Waals surface area contributed by atoms with Gasteiger partial charge in [0.1, 0.15) is 12.1 Å². The molecule has 0 spiro atoms. The molecule has 342 valence electrons. The molecular weight excluding hydrogens is 753 g/mol. The van der Waals surface area contributed by atoms with Crippen molar-refractivity contribution in [3.8, 4) is 0 Å². The summed E-state index contributed by atoms with van der Waals surface area (Å²) in [5.41, 5.74) is 0. The fourth-order valence-electron chi connectivity index (χ4n) is 6.57. The number of hydrogen-bond acceptors (Lipinski definition) is 6. The number of nitrogens with one attached hydrogen (secondary N) is 2. The van der Waals surface area contributed by atoms with Crippen molar-refractivity contribution >= 4 is 23.8 Å². The number of allylic oxidation sites excluding steroid dienone is 12. The van der Waals surface area contributed by atoms with Crippen molar-refractivity contribution in [2.75, 3.05) is 13.2 Å². The molecule has 0 aliphatic rings. The quantitative estimate of drug-likeness (QED) is 0.0272. The second-order valence-electron chi connectivity index (χ2n) is 15.8. The monoisotopic (exact) mass is 839 g/mol. The zero-order valence-corrected chi connectivity index (χ0v) is 37.9. The fourth-order valence-corrected chi connectivity index (χ4v) is 6.57. The van der Waals surface area contributed by atoms with E-state index in [0.717, 1.165) is 109 Å².